The maximum Gasteiger partial charge on any atom is 0.326 e. The van der Waals surface area contributed by atoms with Gasteiger partial charge in [-0.05, 0) is 11.6 Å². The molecule has 2 aromatic heterocycles. The lowest BCUT2D eigenvalue weighted by molar-refractivity contribution is -0.147. The highest BCUT2D eigenvalue weighted by Gasteiger charge is 2.21. The number of ether oxygens (including phenoxy) is 1. The van der Waals surface area contributed by atoms with Gasteiger partial charge in [-0.2, -0.15) is 0 Å². The van der Waals surface area contributed by atoms with E-state index in [9.17, 15) is 9.59 Å². The van der Waals surface area contributed by atoms with Crippen molar-refractivity contribution in [3.63, 3.8) is 0 Å². The van der Waals surface area contributed by atoms with Gasteiger partial charge in [0.1, 0.15) is 18.4 Å². The number of nitrogens with one attached hydrogen (secondary N) is 1. The summed E-state index contributed by atoms with van der Waals surface area (Å²) in [7, 11) is 3.52. The van der Waals surface area contributed by atoms with Crippen LogP contribution >= 0.6 is 0 Å². The van der Waals surface area contributed by atoms with Crippen LogP contribution in [0.1, 0.15) is 17.4 Å². The number of aromatic nitrogens is 4. The van der Waals surface area contributed by atoms with Gasteiger partial charge >= 0.3 is 5.97 Å². The second-order valence-corrected chi connectivity index (χ2v) is 6.37. The maximum atomic E-state index is 12.4. The smallest absolute Gasteiger partial charge is 0.326 e. The molecule has 1 aromatic carbocycles. The van der Waals surface area contributed by atoms with Crippen molar-refractivity contribution < 1.29 is 14.3 Å². The SMILES string of the molecule is CN(CC(=O)OCC(=O)NC(c1ccccc1)c1nccn1C)c1ncccn1. The summed E-state index contributed by atoms with van der Waals surface area (Å²) >= 11 is 0. The summed E-state index contributed by atoms with van der Waals surface area (Å²) < 4.78 is 6.94. The summed E-state index contributed by atoms with van der Waals surface area (Å²) in [5.41, 5.74) is 0.877. The Balaban J connectivity index is 1.58. The molecule has 0 radical (unpaired) electrons. The third kappa shape index (κ3) is 5.38. The highest BCUT2D eigenvalue weighted by Crippen LogP contribution is 2.20. The molecule has 0 saturated carbocycles. The highest BCUT2D eigenvalue weighted by atomic mass is 16.5. The largest absolute Gasteiger partial charge is 0.454 e. The molecule has 0 aliphatic rings. The Labute approximate surface area is 168 Å². The number of hydrogen-bond acceptors (Lipinski definition) is 7. The van der Waals surface area contributed by atoms with Crippen LogP contribution in [0.25, 0.3) is 0 Å². The normalized spacial score (nSPS) is 11.5. The first-order valence-electron chi connectivity index (χ1n) is 9.00. The van der Waals surface area contributed by atoms with Crippen LogP contribution in [0.2, 0.25) is 0 Å². The van der Waals surface area contributed by atoms with Gasteiger partial charge in [0, 0.05) is 38.9 Å². The lowest BCUT2D eigenvalue weighted by Gasteiger charge is -2.19. The van der Waals surface area contributed by atoms with Gasteiger partial charge in [-0.25, -0.2) is 15.0 Å². The standard InChI is InChI=1S/C20H22N6O3/c1-25-12-11-21-19(25)18(15-7-4-3-5-8-15)24-16(27)14-29-17(28)13-26(2)20-22-9-6-10-23-20/h3-12,18H,13-14H2,1-2H3,(H,24,27). The number of imidazole rings is 1. The zero-order chi connectivity index (χ0) is 20.6. The molecule has 2 heterocycles. The molecule has 1 atom stereocenters. The van der Waals surface area contributed by atoms with E-state index in [1.807, 2.05) is 41.9 Å². The summed E-state index contributed by atoms with van der Waals surface area (Å²) in [6, 6.07) is 10.7. The average molecular weight is 394 g/mol. The lowest BCUT2D eigenvalue weighted by atomic mass is 10.1. The number of esters is 1. The first-order valence-corrected chi connectivity index (χ1v) is 9.00. The van der Waals surface area contributed by atoms with Gasteiger partial charge in [0.25, 0.3) is 5.91 Å². The van der Waals surface area contributed by atoms with Crippen molar-refractivity contribution in [2.45, 2.75) is 6.04 Å². The van der Waals surface area contributed by atoms with Crippen LogP contribution in [-0.4, -0.2) is 51.6 Å². The van der Waals surface area contributed by atoms with Gasteiger partial charge in [0.15, 0.2) is 6.61 Å². The van der Waals surface area contributed by atoms with Crippen molar-refractivity contribution >= 4 is 17.8 Å². The molecule has 9 heteroatoms. The predicted octanol–water partition coefficient (Wildman–Crippen LogP) is 1.10. The number of aryl methyl sites for hydroxylation is 1. The molecule has 1 unspecified atom stereocenters. The van der Waals surface area contributed by atoms with E-state index in [1.165, 1.54) is 0 Å². The zero-order valence-corrected chi connectivity index (χ0v) is 16.2. The summed E-state index contributed by atoms with van der Waals surface area (Å²) in [6.07, 6.45) is 6.63. The lowest BCUT2D eigenvalue weighted by Crippen LogP contribution is -2.36. The van der Waals surface area contributed by atoms with Crippen LogP contribution < -0.4 is 10.2 Å². The Morgan fingerprint density at radius 1 is 1.10 bits per heavy atom. The topological polar surface area (TPSA) is 102 Å². The van der Waals surface area contributed by atoms with Gasteiger partial charge < -0.3 is 19.5 Å². The zero-order valence-electron chi connectivity index (χ0n) is 16.2. The van der Waals surface area contributed by atoms with E-state index in [2.05, 4.69) is 20.3 Å². The number of hydrogen-bond donors (Lipinski definition) is 1. The van der Waals surface area contributed by atoms with E-state index in [-0.39, 0.29) is 6.54 Å². The van der Waals surface area contributed by atoms with Crippen LogP contribution in [0.3, 0.4) is 0 Å². The molecule has 1 N–H and O–H groups in total. The Bertz CT molecular complexity index is 945. The first kappa shape index (κ1) is 20.0. The molecule has 3 aromatic rings. The second-order valence-electron chi connectivity index (χ2n) is 6.37. The van der Waals surface area contributed by atoms with Crippen LogP contribution in [0.5, 0.6) is 0 Å². The minimum Gasteiger partial charge on any atom is -0.454 e. The number of amides is 1. The molecular weight excluding hydrogens is 372 g/mol. The minimum atomic E-state index is -0.552. The third-order valence-electron chi connectivity index (χ3n) is 4.18. The van der Waals surface area contributed by atoms with Crippen LogP contribution in [0.4, 0.5) is 5.95 Å². The number of benzene rings is 1. The van der Waals surface area contributed by atoms with E-state index in [0.29, 0.717) is 11.8 Å². The third-order valence-corrected chi connectivity index (χ3v) is 4.18. The van der Waals surface area contributed by atoms with E-state index < -0.39 is 24.5 Å². The van der Waals surface area contributed by atoms with Gasteiger partial charge in [-0.3, -0.25) is 9.59 Å². The van der Waals surface area contributed by atoms with Crippen molar-refractivity contribution in [1.29, 1.82) is 0 Å². The average Bonchev–Trinajstić information content (AvgIpc) is 3.17. The second kappa shape index (κ2) is 9.45. The van der Waals surface area contributed by atoms with E-state index in [1.54, 1.807) is 42.8 Å². The molecule has 3 rings (SSSR count). The fourth-order valence-electron chi connectivity index (χ4n) is 2.74. The van der Waals surface area contributed by atoms with E-state index in [4.69, 9.17) is 4.74 Å². The fraction of sp³-hybridized carbons (Fsp3) is 0.250. The molecule has 1 amide bonds. The minimum absolute atomic E-state index is 0.0707. The summed E-state index contributed by atoms with van der Waals surface area (Å²) in [4.78, 5) is 38.5. The number of likely N-dealkylation sites (N-methyl/N-ethyl adjacent to an activating group) is 1. The van der Waals surface area contributed by atoms with Gasteiger partial charge in [0.05, 0.1) is 0 Å². The molecule has 9 nitrogen and oxygen atoms in total. The van der Waals surface area contributed by atoms with Crippen LogP contribution in [0, 0.1) is 0 Å². The Hall–Kier alpha value is -3.75. The van der Waals surface area contributed by atoms with Crippen molar-refractivity contribution in [2.24, 2.45) is 7.05 Å². The Kier molecular flexibility index (Phi) is 6.51. The molecular formula is C20H22N6O3. The molecule has 0 fully saturated rings. The van der Waals surface area contributed by atoms with Crippen molar-refractivity contribution in [1.82, 2.24) is 24.8 Å². The molecule has 0 aliphatic heterocycles. The van der Waals surface area contributed by atoms with Gasteiger partial charge in [-0.15, -0.1) is 0 Å². The van der Waals surface area contributed by atoms with Crippen LogP contribution in [0.15, 0.2) is 61.2 Å². The summed E-state index contributed by atoms with van der Waals surface area (Å²) in [5, 5.41) is 2.88. The molecule has 0 saturated heterocycles. The van der Waals surface area contributed by atoms with Crippen molar-refractivity contribution in [2.75, 3.05) is 25.1 Å². The van der Waals surface area contributed by atoms with E-state index >= 15 is 0 Å². The highest BCUT2D eigenvalue weighted by molar-refractivity contribution is 5.82. The van der Waals surface area contributed by atoms with Gasteiger partial charge in [0.2, 0.25) is 5.95 Å². The number of rotatable bonds is 8. The van der Waals surface area contributed by atoms with Crippen molar-refractivity contribution in [3.05, 3.63) is 72.6 Å². The first-order chi connectivity index (χ1) is 14.0. The fourth-order valence-corrected chi connectivity index (χ4v) is 2.74. The number of carbonyl (C=O) groups is 2. The predicted molar refractivity (Wildman–Crippen MR) is 106 cm³/mol. The van der Waals surface area contributed by atoms with Crippen molar-refractivity contribution in [3.8, 4) is 0 Å². The quantitative estimate of drug-likeness (QED) is 0.571. The molecule has 0 aliphatic carbocycles. The number of nitrogens with zero attached hydrogens (tertiary/aromatic N) is 5. The number of carbonyl (C=O) groups excluding carboxylic acids is 2. The Morgan fingerprint density at radius 2 is 1.83 bits per heavy atom. The molecule has 0 bridgehead atoms. The number of anilines is 1. The van der Waals surface area contributed by atoms with E-state index in [0.717, 1.165) is 5.56 Å². The summed E-state index contributed by atoms with van der Waals surface area (Å²) in [6.45, 7) is -0.463. The summed E-state index contributed by atoms with van der Waals surface area (Å²) in [5.74, 6) is 0.0989. The molecule has 0 spiro atoms. The maximum absolute atomic E-state index is 12.4. The Morgan fingerprint density at radius 3 is 2.48 bits per heavy atom. The van der Waals surface area contributed by atoms with Crippen LogP contribution in [-0.2, 0) is 21.4 Å². The molecule has 29 heavy (non-hydrogen) atoms. The van der Waals surface area contributed by atoms with Gasteiger partial charge in [-0.1, -0.05) is 30.3 Å². The monoisotopic (exact) mass is 394 g/mol. The molecule has 150 valence electrons.